The third-order valence-electron chi connectivity index (χ3n) is 5.12. The van der Waals surface area contributed by atoms with Gasteiger partial charge in [-0.05, 0) is 54.4 Å². The first-order valence-electron chi connectivity index (χ1n) is 10.4. The largest absolute Gasteiger partial charge is 0.504 e. The lowest BCUT2D eigenvalue weighted by Gasteiger charge is -2.28. The number of hydrogen-bond acceptors (Lipinski definition) is 7. The number of nitrogens with zero attached hydrogens (tertiary/aromatic N) is 2. The van der Waals surface area contributed by atoms with Crippen molar-refractivity contribution in [3.8, 4) is 11.5 Å². The summed E-state index contributed by atoms with van der Waals surface area (Å²) < 4.78 is 10.2. The van der Waals surface area contributed by atoms with Crippen LogP contribution < -0.4 is 10.1 Å². The van der Waals surface area contributed by atoms with Gasteiger partial charge in [-0.3, -0.25) is 9.59 Å². The number of thioether (sulfide) groups is 1. The van der Waals surface area contributed by atoms with Gasteiger partial charge in [0.05, 0.1) is 30.9 Å². The summed E-state index contributed by atoms with van der Waals surface area (Å²) in [7, 11) is 1.49. The van der Waals surface area contributed by atoms with Gasteiger partial charge in [-0.1, -0.05) is 30.8 Å². The number of furan rings is 1. The topological polar surface area (TPSA) is 104 Å². The minimum absolute atomic E-state index is 0.0215. The summed E-state index contributed by atoms with van der Waals surface area (Å²) in [6.45, 7) is 2.27. The van der Waals surface area contributed by atoms with Crippen molar-refractivity contribution in [2.45, 2.75) is 25.1 Å². The first kappa shape index (κ1) is 22.5. The molecule has 2 aromatic carbocycles. The van der Waals surface area contributed by atoms with E-state index in [0.29, 0.717) is 11.4 Å². The molecule has 170 valence electrons. The molecule has 1 aromatic heterocycles. The van der Waals surface area contributed by atoms with Crippen LogP contribution in [0, 0.1) is 0 Å². The number of hydrazone groups is 1. The van der Waals surface area contributed by atoms with Gasteiger partial charge in [-0.2, -0.15) is 5.10 Å². The highest BCUT2D eigenvalue weighted by atomic mass is 32.2. The van der Waals surface area contributed by atoms with E-state index in [1.807, 2.05) is 25.1 Å². The van der Waals surface area contributed by atoms with Gasteiger partial charge < -0.3 is 19.6 Å². The Morgan fingerprint density at radius 2 is 2.03 bits per heavy atom. The van der Waals surface area contributed by atoms with Gasteiger partial charge >= 0.3 is 5.24 Å². The smallest absolute Gasteiger partial charge is 0.302 e. The molecular weight excluding hydrogens is 442 g/mol. The molecule has 1 aliphatic heterocycles. The second kappa shape index (κ2) is 9.83. The van der Waals surface area contributed by atoms with Crippen LogP contribution in [0.5, 0.6) is 11.5 Å². The molecule has 0 fully saturated rings. The molecule has 33 heavy (non-hydrogen) atoms. The summed E-state index contributed by atoms with van der Waals surface area (Å²) in [6.07, 6.45) is 2.16. The number of methoxy groups -OCH3 is 1. The maximum absolute atomic E-state index is 12.7. The molecular formula is C24H23N3O5S. The number of hydrogen-bond donors (Lipinski definition) is 2. The van der Waals surface area contributed by atoms with Crippen LogP contribution in [-0.4, -0.2) is 39.3 Å². The number of phenolic OH excluding ortho intramolecular Hbond substituents is 1. The summed E-state index contributed by atoms with van der Waals surface area (Å²) in [6, 6.07) is 15.5. The van der Waals surface area contributed by atoms with Crippen LogP contribution in [0.3, 0.4) is 0 Å². The Kier molecular flexibility index (Phi) is 6.69. The van der Waals surface area contributed by atoms with Crippen LogP contribution in [0.15, 0.2) is 70.4 Å². The van der Waals surface area contributed by atoms with Crippen molar-refractivity contribution in [1.82, 2.24) is 5.01 Å². The lowest BCUT2D eigenvalue weighted by Crippen LogP contribution is -2.34. The second-order valence-corrected chi connectivity index (χ2v) is 8.49. The summed E-state index contributed by atoms with van der Waals surface area (Å²) in [5, 5.41) is 18.7. The lowest BCUT2D eigenvalue weighted by molar-refractivity contribution is 0.0996. The fourth-order valence-corrected chi connectivity index (χ4v) is 4.34. The molecule has 9 heteroatoms. The monoisotopic (exact) mass is 465 g/mol. The van der Waals surface area contributed by atoms with Gasteiger partial charge in [0.1, 0.15) is 0 Å². The van der Waals surface area contributed by atoms with E-state index in [9.17, 15) is 14.7 Å². The third kappa shape index (κ3) is 5.04. The molecule has 2 heterocycles. The number of carbonyl (C=O) groups is 2. The van der Waals surface area contributed by atoms with E-state index in [2.05, 4.69) is 10.4 Å². The van der Waals surface area contributed by atoms with Crippen LogP contribution in [0.4, 0.5) is 10.5 Å². The predicted molar refractivity (Wildman–Crippen MR) is 127 cm³/mol. The van der Waals surface area contributed by atoms with Gasteiger partial charge in [-0.25, -0.2) is 5.01 Å². The first-order valence-corrected chi connectivity index (χ1v) is 11.2. The minimum Gasteiger partial charge on any atom is -0.504 e. The molecule has 4 rings (SSSR count). The van der Waals surface area contributed by atoms with Crippen LogP contribution in [-0.2, 0) is 6.54 Å². The van der Waals surface area contributed by atoms with E-state index in [1.165, 1.54) is 30.1 Å². The molecule has 2 amide bonds. The fraction of sp³-hybridized carbons (Fsp3) is 0.208. The molecule has 1 aliphatic rings. The quantitative estimate of drug-likeness (QED) is 0.503. The summed E-state index contributed by atoms with van der Waals surface area (Å²) in [4.78, 5) is 24.8. The van der Waals surface area contributed by atoms with Crippen molar-refractivity contribution in [2.24, 2.45) is 5.10 Å². The average Bonchev–Trinajstić information content (AvgIpc) is 3.36. The highest BCUT2D eigenvalue weighted by Crippen LogP contribution is 2.33. The van der Waals surface area contributed by atoms with Crippen molar-refractivity contribution >= 4 is 34.3 Å². The highest BCUT2D eigenvalue weighted by molar-refractivity contribution is 8.14. The Bertz CT molecular complexity index is 1180. The maximum Gasteiger partial charge on any atom is 0.302 e. The Hall–Kier alpha value is -3.72. The molecule has 1 unspecified atom stereocenters. The molecule has 0 aliphatic carbocycles. The maximum atomic E-state index is 12.7. The van der Waals surface area contributed by atoms with Crippen LogP contribution >= 0.6 is 11.8 Å². The molecule has 0 saturated carbocycles. The molecule has 0 bridgehead atoms. The summed E-state index contributed by atoms with van der Waals surface area (Å²) >= 11 is 1.22. The Morgan fingerprint density at radius 1 is 1.24 bits per heavy atom. The minimum atomic E-state index is -0.335. The number of benzene rings is 2. The highest BCUT2D eigenvalue weighted by Gasteiger charge is 2.30. The number of nitrogens with one attached hydrogen (secondary N) is 1. The van der Waals surface area contributed by atoms with Crippen molar-refractivity contribution in [1.29, 1.82) is 0 Å². The van der Waals surface area contributed by atoms with E-state index < -0.39 is 0 Å². The van der Waals surface area contributed by atoms with E-state index >= 15 is 0 Å². The number of carbonyl (C=O) groups excluding carboxylic acids is 2. The van der Waals surface area contributed by atoms with Gasteiger partial charge in [0, 0.05) is 11.3 Å². The number of phenols is 1. The first-order chi connectivity index (χ1) is 16.0. The SMILES string of the molecule is CCC1SC(=O)N(Cc2ccc(NC(=O)c3ccco3)cc2)N=C1c1ccc(OC)c(O)c1. The zero-order valence-corrected chi connectivity index (χ0v) is 19.0. The summed E-state index contributed by atoms with van der Waals surface area (Å²) in [5.41, 5.74) is 2.93. The molecule has 8 nitrogen and oxygen atoms in total. The standard InChI is InChI=1S/C24H23N3O5S/c1-3-21-22(16-8-11-19(31-2)18(28)13-16)26-27(24(30)33-21)14-15-6-9-17(10-7-15)25-23(29)20-5-4-12-32-20/h4-13,21,28H,3,14H2,1-2H3,(H,25,29). The van der Waals surface area contributed by atoms with Gasteiger partial charge in [-0.15, -0.1) is 0 Å². The zero-order valence-electron chi connectivity index (χ0n) is 18.1. The fourth-order valence-electron chi connectivity index (χ4n) is 3.41. The number of ether oxygens (including phenoxy) is 1. The zero-order chi connectivity index (χ0) is 23.4. The molecule has 3 aromatic rings. The van der Waals surface area contributed by atoms with Gasteiger partial charge in [0.25, 0.3) is 5.91 Å². The van der Waals surface area contributed by atoms with Crippen LogP contribution in [0.1, 0.15) is 35.0 Å². The number of amides is 2. The Balaban J connectivity index is 1.51. The molecule has 2 N–H and O–H groups in total. The molecule has 1 atom stereocenters. The van der Waals surface area contributed by atoms with Crippen LogP contribution in [0.2, 0.25) is 0 Å². The number of rotatable bonds is 7. The number of aromatic hydroxyl groups is 1. The summed E-state index contributed by atoms with van der Waals surface area (Å²) in [5.74, 6) is 0.293. The van der Waals surface area contributed by atoms with E-state index in [0.717, 1.165) is 23.3 Å². The van der Waals surface area contributed by atoms with Crippen molar-refractivity contribution in [2.75, 3.05) is 12.4 Å². The molecule has 0 saturated heterocycles. The Labute approximate surface area is 195 Å². The van der Waals surface area contributed by atoms with Gasteiger partial charge in [0.15, 0.2) is 17.3 Å². The molecule has 0 radical (unpaired) electrons. The third-order valence-corrected chi connectivity index (χ3v) is 6.38. The van der Waals surface area contributed by atoms with E-state index in [-0.39, 0.29) is 34.5 Å². The Morgan fingerprint density at radius 3 is 2.67 bits per heavy atom. The second-order valence-electron chi connectivity index (χ2n) is 7.34. The van der Waals surface area contributed by atoms with Crippen molar-refractivity contribution < 1.29 is 23.8 Å². The van der Waals surface area contributed by atoms with Gasteiger partial charge in [0.2, 0.25) is 0 Å². The van der Waals surface area contributed by atoms with E-state index in [1.54, 1.807) is 36.4 Å². The normalized spacial score (nSPS) is 15.8. The number of anilines is 1. The van der Waals surface area contributed by atoms with Crippen molar-refractivity contribution in [3.63, 3.8) is 0 Å². The molecule has 0 spiro atoms. The van der Waals surface area contributed by atoms with Crippen LogP contribution in [0.25, 0.3) is 0 Å². The lowest BCUT2D eigenvalue weighted by atomic mass is 10.0. The predicted octanol–water partition coefficient (Wildman–Crippen LogP) is 5.10. The van der Waals surface area contributed by atoms with Crippen molar-refractivity contribution in [3.05, 3.63) is 77.7 Å². The average molecular weight is 466 g/mol. The van der Waals surface area contributed by atoms with E-state index in [4.69, 9.17) is 9.15 Å².